The molecule has 4 rings (SSSR count). The normalized spacial score (nSPS) is 15.7. The Morgan fingerprint density at radius 2 is 1.82 bits per heavy atom. The summed E-state index contributed by atoms with van der Waals surface area (Å²) in [6, 6.07) is 19.2. The van der Waals surface area contributed by atoms with Gasteiger partial charge >= 0.3 is 0 Å². The molecular formula is C24H17ClI2N2O3S. The first-order chi connectivity index (χ1) is 15.9. The monoisotopic (exact) mass is 702 g/mol. The number of amides is 1. The largest absolute Gasteiger partial charge is 0.494 e. The number of aliphatic imine (C=N–C) groups is 1. The van der Waals surface area contributed by atoms with Gasteiger partial charge in [-0.2, -0.15) is 0 Å². The van der Waals surface area contributed by atoms with Gasteiger partial charge in [0.25, 0.3) is 5.91 Å². The van der Waals surface area contributed by atoms with Crippen molar-refractivity contribution in [3.8, 4) is 11.5 Å². The topological polar surface area (TPSA) is 59.9 Å². The number of rotatable bonds is 6. The summed E-state index contributed by atoms with van der Waals surface area (Å²) in [5.41, 5.74) is 2.57. The van der Waals surface area contributed by atoms with Crippen LogP contribution in [0.2, 0.25) is 5.02 Å². The van der Waals surface area contributed by atoms with E-state index in [-0.39, 0.29) is 5.91 Å². The minimum atomic E-state index is -0.200. The van der Waals surface area contributed by atoms with Crippen LogP contribution in [0.25, 0.3) is 6.08 Å². The quantitative estimate of drug-likeness (QED) is 0.222. The SMILES string of the molecule is COc1ccc(Cl)cc1N=C1NC(=O)/C(=C/c2cc(I)c(OCc3ccccc3)c(I)c2)S1. The van der Waals surface area contributed by atoms with Crippen LogP contribution in [0.3, 0.4) is 0 Å². The Morgan fingerprint density at radius 1 is 1.09 bits per heavy atom. The molecule has 0 aliphatic carbocycles. The number of nitrogens with zero attached hydrogens (tertiary/aromatic N) is 1. The van der Waals surface area contributed by atoms with Crippen LogP contribution in [-0.2, 0) is 11.4 Å². The molecule has 1 aliphatic rings. The lowest BCUT2D eigenvalue weighted by molar-refractivity contribution is -0.115. The average Bonchev–Trinajstić information content (AvgIpc) is 3.12. The molecule has 3 aromatic rings. The predicted molar refractivity (Wildman–Crippen MR) is 151 cm³/mol. The van der Waals surface area contributed by atoms with Crippen LogP contribution in [0.4, 0.5) is 5.69 Å². The van der Waals surface area contributed by atoms with Gasteiger partial charge in [-0.25, -0.2) is 4.99 Å². The number of benzene rings is 3. The lowest BCUT2D eigenvalue weighted by Gasteiger charge is -2.11. The highest BCUT2D eigenvalue weighted by Gasteiger charge is 2.24. The number of ether oxygens (including phenoxy) is 2. The summed E-state index contributed by atoms with van der Waals surface area (Å²) < 4.78 is 13.3. The Labute approximate surface area is 228 Å². The van der Waals surface area contributed by atoms with Crippen LogP contribution in [0, 0.1) is 7.14 Å². The lowest BCUT2D eigenvalue weighted by Crippen LogP contribution is -2.19. The van der Waals surface area contributed by atoms with E-state index in [9.17, 15) is 4.79 Å². The Hall–Kier alpha value is -1.76. The van der Waals surface area contributed by atoms with E-state index >= 15 is 0 Å². The highest BCUT2D eigenvalue weighted by molar-refractivity contribution is 14.1. The van der Waals surface area contributed by atoms with Crippen molar-refractivity contribution in [1.29, 1.82) is 0 Å². The molecule has 1 fully saturated rings. The number of hydrogen-bond donors (Lipinski definition) is 1. The van der Waals surface area contributed by atoms with Crippen molar-refractivity contribution >= 4 is 91.4 Å². The second kappa shape index (κ2) is 11.1. The van der Waals surface area contributed by atoms with E-state index in [1.807, 2.05) is 48.5 Å². The summed E-state index contributed by atoms with van der Waals surface area (Å²) in [5.74, 6) is 1.21. The third-order valence-electron chi connectivity index (χ3n) is 4.56. The molecule has 1 amide bonds. The molecule has 1 heterocycles. The van der Waals surface area contributed by atoms with Gasteiger partial charge in [-0.3, -0.25) is 4.79 Å². The summed E-state index contributed by atoms with van der Waals surface area (Å²) in [4.78, 5) is 17.6. The number of carbonyl (C=O) groups is 1. The van der Waals surface area contributed by atoms with E-state index in [4.69, 9.17) is 21.1 Å². The first-order valence-electron chi connectivity index (χ1n) is 9.72. The van der Waals surface area contributed by atoms with Crippen LogP contribution >= 0.6 is 68.5 Å². The van der Waals surface area contributed by atoms with E-state index in [1.54, 1.807) is 25.3 Å². The zero-order valence-electron chi connectivity index (χ0n) is 17.3. The van der Waals surface area contributed by atoms with Gasteiger partial charge in [-0.1, -0.05) is 41.9 Å². The zero-order chi connectivity index (χ0) is 23.4. The fourth-order valence-corrected chi connectivity index (χ4v) is 6.15. The number of halogens is 3. The van der Waals surface area contributed by atoms with E-state index in [0.717, 1.165) is 24.0 Å². The van der Waals surface area contributed by atoms with Crippen LogP contribution in [0.1, 0.15) is 11.1 Å². The third-order valence-corrected chi connectivity index (χ3v) is 7.31. The van der Waals surface area contributed by atoms with Crippen molar-refractivity contribution in [2.75, 3.05) is 7.11 Å². The molecule has 0 unspecified atom stereocenters. The van der Waals surface area contributed by atoms with Gasteiger partial charge in [0.1, 0.15) is 23.8 Å². The standard InChI is InChI=1S/C24H17ClI2N2O3S/c1-31-20-8-7-16(25)12-19(20)28-24-29-23(30)21(33-24)11-15-9-17(26)22(18(27)10-15)32-13-14-5-3-2-4-6-14/h2-12H,13H2,1H3,(H,28,29,30)/b21-11-. The summed E-state index contributed by atoms with van der Waals surface area (Å²) in [7, 11) is 1.56. The maximum Gasteiger partial charge on any atom is 0.264 e. The van der Waals surface area contributed by atoms with Crippen molar-refractivity contribution in [3.05, 3.63) is 88.9 Å². The summed E-state index contributed by atoms with van der Waals surface area (Å²) >= 11 is 11.9. The summed E-state index contributed by atoms with van der Waals surface area (Å²) in [6.45, 7) is 0.498. The number of methoxy groups -OCH3 is 1. The second-order valence-electron chi connectivity index (χ2n) is 6.89. The molecule has 168 valence electrons. The first kappa shape index (κ1) is 24.4. The van der Waals surface area contributed by atoms with Crippen molar-refractivity contribution in [1.82, 2.24) is 5.32 Å². The van der Waals surface area contributed by atoms with Gasteiger partial charge in [0.15, 0.2) is 5.17 Å². The van der Waals surface area contributed by atoms with E-state index < -0.39 is 0 Å². The highest BCUT2D eigenvalue weighted by atomic mass is 127. The fourth-order valence-electron chi connectivity index (χ4n) is 3.02. The molecule has 3 aromatic carbocycles. The maximum atomic E-state index is 12.5. The summed E-state index contributed by atoms with van der Waals surface area (Å²) in [5, 5.41) is 3.81. The molecule has 1 saturated heterocycles. The van der Waals surface area contributed by atoms with Gasteiger partial charge < -0.3 is 14.8 Å². The maximum absolute atomic E-state index is 12.5. The first-order valence-corrected chi connectivity index (χ1v) is 13.1. The van der Waals surface area contributed by atoms with Gasteiger partial charge in [0.05, 0.1) is 19.2 Å². The molecule has 1 aliphatic heterocycles. The Kier molecular flexibility index (Phi) is 8.20. The van der Waals surface area contributed by atoms with Crippen LogP contribution in [0.15, 0.2) is 70.6 Å². The molecule has 0 spiro atoms. The Bertz CT molecular complexity index is 1240. The molecule has 9 heteroatoms. The molecular weight excluding hydrogens is 686 g/mol. The van der Waals surface area contributed by atoms with Gasteiger partial charge in [-0.15, -0.1) is 0 Å². The van der Waals surface area contributed by atoms with Crippen LogP contribution in [-0.4, -0.2) is 18.2 Å². The van der Waals surface area contributed by atoms with Gasteiger partial charge in [0.2, 0.25) is 0 Å². The lowest BCUT2D eigenvalue weighted by atomic mass is 10.2. The van der Waals surface area contributed by atoms with E-state index in [1.165, 1.54) is 11.8 Å². The van der Waals surface area contributed by atoms with Crippen molar-refractivity contribution in [2.45, 2.75) is 6.61 Å². The third kappa shape index (κ3) is 6.23. The second-order valence-corrected chi connectivity index (χ2v) is 10.7. The molecule has 5 nitrogen and oxygen atoms in total. The fraction of sp³-hybridized carbons (Fsp3) is 0.0833. The molecule has 0 bridgehead atoms. The van der Waals surface area contributed by atoms with Crippen LogP contribution < -0.4 is 14.8 Å². The van der Waals surface area contributed by atoms with Crippen LogP contribution in [0.5, 0.6) is 11.5 Å². The molecule has 0 aromatic heterocycles. The zero-order valence-corrected chi connectivity index (χ0v) is 23.2. The smallest absolute Gasteiger partial charge is 0.264 e. The Morgan fingerprint density at radius 3 is 2.52 bits per heavy atom. The minimum absolute atomic E-state index is 0.200. The molecule has 0 radical (unpaired) electrons. The van der Waals surface area contributed by atoms with E-state index in [2.05, 4.69) is 55.5 Å². The Balaban J connectivity index is 1.53. The number of carbonyl (C=O) groups excluding carboxylic acids is 1. The number of thioether (sulfide) groups is 1. The van der Waals surface area contributed by atoms with Gasteiger partial charge in [-0.05, 0) is 104 Å². The van der Waals surface area contributed by atoms with Crippen molar-refractivity contribution < 1.29 is 14.3 Å². The number of hydrogen-bond acceptors (Lipinski definition) is 5. The minimum Gasteiger partial charge on any atom is -0.494 e. The van der Waals surface area contributed by atoms with Gasteiger partial charge in [0, 0.05) is 5.02 Å². The van der Waals surface area contributed by atoms with Crippen molar-refractivity contribution in [3.63, 3.8) is 0 Å². The number of nitrogens with one attached hydrogen (secondary N) is 1. The average molecular weight is 703 g/mol. The molecule has 33 heavy (non-hydrogen) atoms. The predicted octanol–water partition coefficient (Wildman–Crippen LogP) is 7.03. The molecule has 0 saturated carbocycles. The number of amidine groups is 1. The van der Waals surface area contributed by atoms with Crippen molar-refractivity contribution in [2.24, 2.45) is 4.99 Å². The van der Waals surface area contributed by atoms with E-state index in [0.29, 0.717) is 33.1 Å². The highest BCUT2D eigenvalue weighted by Crippen LogP contribution is 2.35. The molecule has 0 atom stereocenters. The summed E-state index contributed by atoms with van der Waals surface area (Å²) in [6.07, 6.45) is 1.85. The molecule has 1 N–H and O–H groups in total.